The van der Waals surface area contributed by atoms with Crippen molar-refractivity contribution in [1.82, 2.24) is 0 Å². The number of rotatable bonds is 6. The number of carbonyl (C=O) groups is 1. The van der Waals surface area contributed by atoms with Crippen molar-refractivity contribution < 1.29 is 14.8 Å². The summed E-state index contributed by atoms with van der Waals surface area (Å²) in [6, 6.07) is 18.0. The Labute approximate surface area is 170 Å². The van der Waals surface area contributed by atoms with Crippen LogP contribution in [0.15, 0.2) is 76.5 Å². The number of aliphatic hydroxyl groups is 1. The van der Waals surface area contributed by atoms with Gasteiger partial charge in [-0.1, -0.05) is 35.5 Å². The van der Waals surface area contributed by atoms with Gasteiger partial charge in [0.25, 0.3) is 11.6 Å². The van der Waals surface area contributed by atoms with Gasteiger partial charge in [0.2, 0.25) is 0 Å². The van der Waals surface area contributed by atoms with Gasteiger partial charge in [0.1, 0.15) is 0 Å². The Morgan fingerprint density at radius 3 is 2.54 bits per heavy atom. The van der Waals surface area contributed by atoms with Crippen LogP contribution in [0, 0.1) is 10.1 Å². The zero-order valence-electron chi connectivity index (χ0n) is 14.5. The van der Waals surface area contributed by atoms with E-state index in [9.17, 15) is 20.0 Å². The molecule has 0 aliphatic rings. The Bertz CT molecular complexity index is 1020. The van der Waals surface area contributed by atoms with Gasteiger partial charge in [-0.25, -0.2) is 0 Å². The van der Waals surface area contributed by atoms with Crippen molar-refractivity contribution in [2.45, 2.75) is 16.4 Å². The third kappa shape index (κ3) is 4.89. The van der Waals surface area contributed by atoms with Gasteiger partial charge >= 0.3 is 0 Å². The highest BCUT2D eigenvalue weighted by molar-refractivity contribution is 7.99. The Kier molecular flexibility index (Phi) is 6.30. The minimum absolute atomic E-state index is 0.155. The minimum Gasteiger partial charge on any atom is -0.392 e. The normalized spacial score (nSPS) is 10.5. The van der Waals surface area contributed by atoms with Gasteiger partial charge in [-0.2, -0.15) is 0 Å². The molecule has 3 rings (SSSR count). The number of amides is 1. The predicted octanol–water partition coefficient (Wildman–Crippen LogP) is 5.14. The lowest BCUT2D eigenvalue weighted by molar-refractivity contribution is -0.384. The number of nitro benzene ring substituents is 1. The van der Waals surface area contributed by atoms with Crippen LogP contribution >= 0.6 is 23.4 Å². The number of hydrogen-bond donors (Lipinski definition) is 2. The fourth-order valence-electron chi connectivity index (χ4n) is 2.47. The van der Waals surface area contributed by atoms with Crippen molar-refractivity contribution in [2.75, 3.05) is 5.32 Å². The third-order valence-corrected chi connectivity index (χ3v) is 5.16. The average molecular weight is 415 g/mol. The van der Waals surface area contributed by atoms with Crippen molar-refractivity contribution >= 4 is 40.6 Å². The van der Waals surface area contributed by atoms with Gasteiger partial charge in [-0.3, -0.25) is 14.9 Å². The van der Waals surface area contributed by atoms with Crippen LogP contribution in [0.4, 0.5) is 11.4 Å². The monoisotopic (exact) mass is 414 g/mol. The molecular formula is C20H15ClN2O4S. The van der Waals surface area contributed by atoms with Gasteiger partial charge in [-0.15, -0.1) is 0 Å². The number of benzene rings is 3. The second kappa shape index (κ2) is 8.88. The first-order chi connectivity index (χ1) is 13.5. The second-order valence-electron chi connectivity index (χ2n) is 5.81. The highest BCUT2D eigenvalue weighted by Gasteiger charge is 2.18. The van der Waals surface area contributed by atoms with Crippen molar-refractivity contribution in [3.63, 3.8) is 0 Å². The number of carbonyl (C=O) groups excluding carboxylic acids is 1. The van der Waals surface area contributed by atoms with Crippen LogP contribution in [0.2, 0.25) is 5.02 Å². The topological polar surface area (TPSA) is 92.5 Å². The molecule has 2 N–H and O–H groups in total. The summed E-state index contributed by atoms with van der Waals surface area (Å²) >= 11 is 7.21. The molecule has 0 saturated heterocycles. The Hall–Kier alpha value is -2.87. The molecule has 1 amide bonds. The molecular weight excluding hydrogens is 400 g/mol. The maximum Gasteiger partial charge on any atom is 0.270 e. The van der Waals surface area contributed by atoms with E-state index in [-0.39, 0.29) is 17.9 Å². The number of nitrogens with zero attached hydrogens (tertiary/aromatic N) is 1. The molecule has 0 unspecified atom stereocenters. The van der Waals surface area contributed by atoms with Crippen LogP contribution in [0.25, 0.3) is 0 Å². The first-order valence-electron chi connectivity index (χ1n) is 8.19. The van der Waals surface area contributed by atoms with E-state index < -0.39 is 10.8 Å². The molecule has 28 heavy (non-hydrogen) atoms. The zero-order valence-corrected chi connectivity index (χ0v) is 16.0. The van der Waals surface area contributed by atoms with Crippen molar-refractivity contribution in [3.8, 4) is 0 Å². The van der Waals surface area contributed by atoms with E-state index in [4.69, 9.17) is 11.6 Å². The SMILES string of the molecule is O=C(Nc1cccc(CO)c1)c1cc([N+](=O)[O-])ccc1Sc1ccc(Cl)cc1. The first-order valence-corrected chi connectivity index (χ1v) is 9.39. The molecule has 0 spiro atoms. The maximum atomic E-state index is 12.8. The van der Waals surface area contributed by atoms with Crippen LogP contribution in [0.5, 0.6) is 0 Å². The van der Waals surface area contributed by atoms with Gasteiger partial charge in [0.05, 0.1) is 17.1 Å². The van der Waals surface area contributed by atoms with Gasteiger partial charge < -0.3 is 10.4 Å². The summed E-state index contributed by atoms with van der Waals surface area (Å²) in [5.41, 5.74) is 1.15. The smallest absolute Gasteiger partial charge is 0.270 e. The van der Waals surface area contributed by atoms with Crippen LogP contribution in [-0.2, 0) is 6.61 Å². The lowest BCUT2D eigenvalue weighted by Crippen LogP contribution is -2.13. The lowest BCUT2D eigenvalue weighted by Gasteiger charge is -2.11. The number of non-ortho nitro benzene ring substituents is 1. The summed E-state index contributed by atoms with van der Waals surface area (Å²) in [6.45, 7) is -0.155. The molecule has 0 aliphatic heterocycles. The summed E-state index contributed by atoms with van der Waals surface area (Å²) < 4.78 is 0. The maximum absolute atomic E-state index is 12.8. The molecule has 6 nitrogen and oxygen atoms in total. The largest absolute Gasteiger partial charge is 0.392 e. The first kappa shape index (κ1) is 19.9. The van der Waals surface area contributed by atoms with E-state index in [1.54, 1.807) is 54.6 Å². The Morgan fingerprint density at radius 2 is 1.86 bits per heavy atom. The third-order valence-electron chi connectivity index (χ3n) is 3.83. The van der Waals surface area contributed by atoms with Crippen LogP contribution in [0.3, 0.4) is 0 Å². The molecule has 8 heteroatoms. The van der Waals surface area contributed by atoms with Crippen LogP contribution < -0.4 is 5.32 Å². The number of aliphatic hydroxyl groups excluding tert-OH is 1. The van der Waals surface area contributed by atoms with Crippen molar-refractivity contribution in [1.29, 1.82) is 0 Å². The van der Waals surface area contributed by atoms with E-state index in [0.29, 0.717) is 21.2 Å². The quantitative estimate of drug-likeness (QED) is 0.430. The van der Waals surface area contributed by atoms with E-state index in [1.165, 1.54) is 23.9 Å². The highest BCUT2D eigenvalue weighted by Crippen LogP contribution is 2.33. The van der Waals surface area contributed by atoms with Crippen LogP contribution in [-0.4, -0.2) is 15.9 Å². The summed E-state index contributed by atoms with van der Waals surface area (Å²) in [4.78, 5) is 24.8. The Balaban J connectivity index is 1.93. The minimum atomic E-state index is -0.542. The van der Waals surface area contributed by atoms with Crippen molar-refractivity contribution in [2.24, 2.45) is 0 Å². The molecule has 0 fully saturated rings. The molecule has 0 aliphatic carbocycles. The number of anilines is 1. The van der Waals surface area contributed by atoms with Crippen LogP contribution in [0.1, 0.15) is 15.9 Å². The molecule has 0 heterocycles. The second-order valence-corrected chi connectivity index (χ2v) is 7.36. The summed E-state index contributed by atoms with van der Waals surface area (Å²) in [5.74, 6) is -0.477. The van der Waals surface area contributed by atoms with E-state index in [2.05, 4.69) is 5.32 Å². The molecule has 3 aromatic rings. The number of nitro groups is 1. The highest BCUT2D eigenvalue weighted by atomic mass is 35.5. The van der Waals surface area contributed by atoms with E-state index in [0.717, 1.165) is 4.90 Å². The number of halogens is 1. The van der Waals surface area contributed by atoms with Crippen molar-refractivity contribution in [3.05, 3.63) is 93.0 Å². The average Bonchev–Trinajstić information content (AvgIpc) is 2.70. The number of nitrogens with one attached hydrogen (secondary N) is 1. The molecule has 3 aromatic carbocycles. The molecule has 0 aromatic heterocycles. The van der Waals surface area contributed by atoms with Gasteiger partial charge in [-0.05, 0) is 48.0 Å². The molecule has 142 valence electrons. The standard InChI is InChI=1S/C20H15ClN2O4S/c21-14-4-7-17(8-5-14)28-19-9-6-16(23(26)27)11-18(19)20(25)22-15-3-1-2-13(10-15)12-24/h1-11,24H,12H2,(H,22,25). The Morgan fingerprint density at radius 1 is 1.11 bits per heavy atom. The predicted molar refractivity (Wildman–Crippen MR) is 109 cm³/mol. The molecule has 0 atom stereocenters. The summed E-state index contributed by atoms with van der Waals surface area (Å²) in [5, 5.41) is 23.7. The van der Waals surface area contributed by atoms with Gasteiger partial charge in [0.15, 0.2) is 0 Å². The summed E-state index contributed by atoms with van der Waals surface area (Å²) in [6.07, 6.45) is 0. The fourth-order valence-corrected chi connectivity index (χ4v) is 3.52. The zero-order chi connectivity index (χ0) is 20.1. The van der Waals surface area contributed by atoms with E-state index >= 15 is 0 Å². The molecule has 0 radical (unpaired) electrons. The molecule has 0 bridgehead atoms. The molecule has 0 saturated carbocycles. The number of hydrogen-bond acceptors (Lipinski definition) is 5. The van der Waals surface area contributed by atoms with Gasteiger partial charge in [0, 0.05) is 32.6 Å². The lowest BCUT2D eigenvalue weighted by atomic mass is 10.1. The van der Waals surface area contributed by atoms with E-state index in [1.807, 2.05) is 0 Å². The fraction of sp³-hybridized carbons (Fsp3) is 0.0500. The summed E-state index contributed by atoms with van der Waals surface area (Å²) in [7, 11) is 0.